The Balaban J connectivity index is 1.51. The van der Waals surface area contributed by atoms with Gasteiger partial charge in [-0.2, -0.15) is 0 Å². The first-order valence-corrected chi connectivity index (χ1v) is 10.4. The van der Waals surface area contributed by atoms with Crippen molar-refractivity contribution < 1.29 is 18.9 Å². The molecule has 0 aromatic heterocycles. The number of hydrogen-bond donors (Lipinski definition) is 2. The number of benzene rings is 2. The fourth-order valence-corrected chi connectivity index (χ4v) is 3.02. The Morgan fingerprint density at radius 3 is 2.63 bits per heavy atom. The Labute approximate surface area is 178 Å². The molecule has 0 aliphatic carbocycles. The molecule has 0 radical (unpaired) electrons. The van der Waals surface area contributed by atoms with Crippen molar-refractivity contribution in [3.8, 4) is 11.5 Å². The highest BCUT2D eigenvalue weighted by Crippen LogP contribution is 2.32. The Hall–Kier alpha value is -2.77. The zero-order valence-electron chi connectivity index (χ0n) is 17.8. The van der Waals surface area contributed by atoms with Gasteiger partial charge >= 0.3 is 0 Å². The number of guanidine groups is 1. The van der Waals surface area contributed by atoms with E-state index in [1.165, 1.54) is 0 Å². The summed E-state index contributed by atoms with van der Waals surface area (Å²) in [5, 5.41) is 6.65. The molecule has 2 aromatic carbocycles. The molecule has 0 fully saturated rings. The predicted octanol–water partition coefficient (Wildman–Crippen LogP) is 3.59. The van der Waals surface area contributed by atoms with Crippen molar-refractivity contribution in [2.45, 2.75) is 26.5 Å². The quantitative estimate of drug-likeness (QED) is 0.372. The molecule has 2 aromatic rings. The fourth-order valence-electron chi connectivity index (χ4n) is 3.02. The second-order valence-corrected chi connectivity index (χ2v) is 6.83. The van der Waals surface area contributed by atoms with Gasteiger partial charge in [-0.1, -0.05) is 24.3 Å². The van der Waals surface area contributed by atoms with Gasteiger partial charge in [0.15, 0.2) is 17.5 Å². The van der Waals surface area contributed by atoms with Gasteiger partial charge in [-0.05, 0) is 30.2 Å². The number of nitrogens with zero attached hydrogens (tertiary/aromatic N) is 1. The van der Waals surface area contributed by atoms with Crippen molar-refractivity contribution in [1.29, 1.82) is 0 Å². The second-order valence-electron chi connectivity index (χ2n) is 6.83. The van der Waals surface area contributed by atoms with Crippen molar-refractivity contribution in [3.63, 3.8) is 0 Å². The normalized spacial score (nSPS) is 13.6. The predicted molar refractivity (Wildman–Crippen MR) is 118 cm³/mol. The lowest BCUT2D eigenvalue weighted by molar-refractivity contribution is 0.0453. The number of hydrogen-bond acceptors (Lipinski definition) is 5. The van der Waals surface area contributed by atoms with E-state index in [2.05, 4.69) is 33.8 Å². The van der Waals surface area contributed by atoms with Crippen molar-refractivity contribution >= 4 is 11.6 Å². The summed E-state index contributed by atoms with van der Waals surface area (Å²) in [6, 6.07) is 14.1. The zero-order valence-corrected chi connectivity index (χ0v) is 17.8. The lowest BCUT2D eigenvalue weighted by Crippen LogP contribution is -2.30. The molecule has 2 N–H and O–H groups in total. The summed E-state index contributed by atoms with van der Waals surface area (Å²) in [5.74, 6) is 2.22. The molecule has 0 saturated carbocycles. The monoisotopic (exact) mass is 413 g/mol. The lowest BCUT2D eigenvalue weighted by Gasteiger charge is -2.14. The number of ether oxygens (including phenoxy) is 4. The summed E-state index contributed by atoms with van der Waals surface area (Å²) >= 11 is 0. The van der Waals surface area contributed by atoms with Gasteiger partial charge in [0.05, 0.1) is 33.0 Å². The molecular formula is C23H31N3O4. The largest absolute Gasteiger partial charge is 0.490 e. The Morgan fingerprint density at radius 2 is 1.80 bits per heavy atom. The number of anilines is 1. The summed E-state index contributed by atoms with van der Waals surface area (Å²) in [5.41, 5.74) is 3.18. The van der Waals surface area contributed by atoms with Crippen LogP contribution >= 0.6 is 0 Å². The molecular weight excluding hydrogens is 382 g/mol. The summed E-state index contributed by atoms with van der Waals surface area (Å²) in [6.07, 6.45) is 0.886. The molecule has 3 rings (SSSR count). The highest BCUT2D eigenvalue weighted by atomic mass is 16.5. The third-order valence-electron chi connectivity index (χ3n) is 4.53. The van der Waals surface area contributed by atoms with E-state index in [0.29, 0.717) is 52.1 Å². The lowest BCUT2D eigenvalue weighted by atomic mass is 10.1. The van der Waals surface area contributed by atoms with Crippen LogP contribution in [-0.2, 0) is 22.6 Å². The number of nitrogens with one attached hydrogen (secondary N) is 2. The van der Waals surface area contributed by atoms with Crippen LogP contribution in [0.1, 0.15) is 24.5 Å². The highest BCUT2D eigenvalue weighted by Gasteiger charge is 2.11. The summed E-state index contributed by atoms with van der Waals surface area (Å²) in [4.78, 5) is 4.31. The molecule has 0 atom stereocenters. The van der Waals surface area contributed by atoms with E-state index in [4.69, 9.17) is 18.9 Å². The molecule has 0 spiro atoms. The molecule has 1 aliphatic heterocycles. The van der Waals surface area contributed by atoms with Gasteiger partial charge in [0.25, 0.3) is 0 Å². The Kier molecular flexibility index (Phi) is 8.80. The maximum atomic E-state index is 5.76. The third-order valence-corrected chi connectivity index (χ3v) is 4.53. The highest BCUT2D eigenvalue weighted by molar-refractivity contribution is 5.93. The number of aliphatic imine (C=N–C) groups is 1. The van der Waals surface area contributed by atoms with Crippen LogP contribution in [0.3, 0.4) is 0 Å². The standard InChI is InChI=1S/C23H31N3O4/c1-3-27-12-13-28-17-19-7-4-6-18(14-19)16-25-23(24-2)26-20-8-9-21-22(15-20)30-11-5-10-29-21/h4,6-9,14-15H,3,5,10-13,16-17H2,1-2H3,(H2,24,25,26). The van der Waals surface area contributed by atoms with E-state index >= 15 is 0 Å². The van der Waals surface area contributed by atoms with Crippen LogP contribution in [0.25, 0.3) is 0 Å². The molecule has 0 unspecified atom stereocenters. The average Bonchev–Trinajstić information content (AvgIpc) is 3.02. The molecule has 1 heterocycles. The summed E-state index contributed by atoms with van der Waals surface area (Å²) in [7, 11) is 1.75. The number of fused-ring (bicyclic) bond motifs is 1. The second kappa shape index (κ2) is 12.0. The van der Waals surface area contributed by atoms with Gasteiger partial charge in [0, 0.05) is 38.4 Å². The van der Waals surface area contributed by atoms with Gasteiger partial charge < -0.3 is 29.6 Å². The SMILES string of the molecule is CCOCCOCc1cccc(CNC(=NC)Nc2ccc3c(c2)OCCCO3)c1. The van der Waals surface area contributed by atoms with Gasteiger partial charge in [-0.25, -0.2) is 0 Å². The third kappa shape index (κ3) is 6.93. The van der Waals surface area contributed by atoms with Gasteiger partial charge in [0.2, 0.25) is 0 Å². The molecule has 0 saturated heterocycles. The summed E-state index contributed by atoms with van der Waals surface area (Å²) < 4.78 is 22.4. The van der Waals surface area contributed by atoms with Crippen LogP contribution in [0.2, 0.25) is 0 Å². The molecule has 162 valence electrons. The van der Waals surface area contributed by atoms with E-state index in [1.807, 2.05) is 31.2 Å². The molecule has 7 heteroatoms. The van der Waals surface area contributed by atoms with Crippen molar-refractivity contribution in [2.75, 3.05) is 45.4 Å². The van der Waals surface area contributed by atoms with Crippen LogP contribution in [0.5, 0.6) is 11.5 Å². The van der Waals surface area contributed by atoms with Crippen molar-refractivity contribution in [1.82, 2.24) is 5.32 Å². The first kappa shape index (κ1) is 21.9. The zero-order chi connectivity index (χ0) is 21.0. The minimum absolute atomic E-state index is 0.574. The van der Waals surface area contributed by atoms with Gasteiger partial charge in [0.1, 0.15) is 0 Å². The molecule has 1 aliphatic rings. The van der Waals surface area contributed by atoms with E-state index in [9.17, 15) is 0 Å². The maximum Gasteiger partial charge on any atom is 0.195 e. The van der Waals surface area contributed by atoms with E-state index in [1.54, 1.807) is 7.05 Å². The minimum Gasteiger partial charge on any atom is -0.490 e. The van der Waals surface area contributed by atoms with Gasteiger partial charge in [-0.15, -0.1) is 0 Å². The van der Waals surface area contributed by atoms with Crippen LogP contribution in [0.4, 0.5) is 5.69 Å². The Morgan fingerprint density at radius 1 is 1.00 bits per heavy atom. The van der Waals surface area contributed by atoms with E-state index < -0.39 is 0 Å². The molecule has 0 bridgehead atoms. The molecule has 30 heavy (non-hydrogen) atoms. The number of rotatable bonds is 9. The fraction of sp³-hybridized carbons (Fsp3) is 0.435. The van der Waals surface area contributed by atoms with Crippen LogP contribution in [0, 0.1) is 0 Å². The first-order chi connectivity index (χ1) is 14.8. The Bertz CT molecular complexity index is 826. The topological polar surface area (TPSA) is 73.3 Å². The van der Waals surface area contributed by atoms with Crippen LogP contribution in [0.15, 0.2) is 47.5 Å². The molecule has 0 amide bonds. The average molecular weight is 414 g/mol. The minimum atomic E-state index is 0.574. The van der Waals surface area contributed by atoms with E-state index in [0.717, 1.165) is 34.7 Å². The van der Waals surface area contributed by atoms with Gasteiger partial charge in [-0.3, -0.25) is 4.99 Å². The maximum absolute atomic E-state index is 5.76. The first-order valence-electron chi connectivity index (χ1n) is 10.4. The smallest absolute Gasteiger partial charge is 0.195 e. The van der Waals surface area contributed by atoms with Crippen molar-refractivity contribution in [3.05, 3.63) is 53.6 Å². The van der Waals surface area contributed by atoms with Crippen LogP contribution < -0.4 is 20.1 Å². The van der Waals surface area contributed by atoms with E-state index in [-0.39, 0.29) is 0 Å². The molecule has 7 nitrogen and oxygen atoms in total. The van der Waals surface area contributed by atoms with Crippen molar-refractivity contribution in [2.24, 2.45) is 4.99 Å². The summed E-state index contributed by atoms with van der Waals surface area (Å²) in [6.45, 7) is 6.49. The van der Waals surface area contributed by atoms with Crippen LogP contribution in [-0.4, -0.2) is 46.0 Å².